The summed E-state index contributed by atoms with van der Waals surface area (Å²) >= 11 is 0. The minimum atomic E-state index is -3.92. The molecule has 174 valence electrons. The first-order chi connectivity index (χ1) is 14.4. The molecular formula is C25H44O4S. The molecule has 0 radical (unpaired) electrons. The molecule has 0 saturated heterocycles. The van der Waals surface area contributed by atoms with E-state index in [0.29, 0.717) is 13.0 Å². The molecule has 0 aromatic heterocycles. The standard InChI is InChI=1S/C25H44O4S/c1-3-5-7-9-11-13-16-23-20-24(17-14-12-10-8-6-4-2)22-25(21-23)29-18-15-19-30(26,27)28/h20-22H,3-19H2,1-2H3,(H,26,27,28). The molecule has 0 bridgehead atoms. The zero-order valence-corrected chi connectivity index (χ0v) is 20.1. The van der Waals surface area contributed by atoms with E-state index in [1.165, 1.54) is 88.2 Å². The number of hydrogen-bond acceptors (Lipinski definition) is 3. The highest BCUT2D eigenvalue weighted by Gasteiger charge is 2.06. The highest BCUT2D eigenvalue weighted by Crippen LogP contribution is 2.22. The maximum atomic E-state index is 10.9. The van der Waals surface area contributed by atoms with Crippen LogP contribution in [0.4, 0.5) is 0 Å². The van der Waals surface area contributed by atoms with Crippen molar-refractivity contribution in [3.05, 3.63) is 29.3 Å². The third kappa shape index (κ3) is 14.8. The van der Waals surface area contributed by atoms with Crippen LogP contribution in [0.5, 0.6) is 5.75 Å². The largest absolute Gasteiger partial charge is 0.494 e. The van der Waals surface area contributed by atoms with Gasteiger partial charge in [-0.1, -0.05) is 84.1 Å². The molecule has 0 aliphatic carbocycles. The van der Waals surface area contributed by atoms with Crippen molar-refractivity contribution in [3.63, 3.8) is 0 Å². The summed E-state index contributed by atoms with van der Waals surface area (Å²) in [5.41, 5.74) is 2.64. The van der Waals surface area contributed by atoms with Gasteiger partial charge in [0.15, 0.2) is 0 Å². The molecule has 0 atom stereocenters. The normalized spacial score (nSPS) is 11.7. The summed E-state index contributed by atoms with van der Waals surface area (Å²) in [6.07, 6.45) is 17.9. The topological polar surface area (TPSA) is 63.6 Å². The summed E-state index contributed by atoms with van der Waals surface area (Å²) in [6, 6.07) is 6.53. The zero-order chi connectivity index (χ0) is 22.1. The lowest BCUT2D eigenvalue weighted by Crippen LogP contribution is -2.08. The highest BCUT2D eigenvalue weighted by molar-refractivity contribution is 7.85. The second-order valence-electron chi connectivity index (χ2n) is 8.51. The summed E-state index contributed by atoms with van der Waals surface area (Å²) in [6.45, 7) is 4.79. The fourth-order valence-corrected chi connectivity index (χ4v) is 4.23. The van der Waals surface area contributed by atoms with E-state index < -0.39 is 10.1 Å². The van der Waals surface area contributed by atoms with Crippen molar-refractivity contribution < 1.29 is 17.7 Å². The predicted molar refractivity (Wildman–Crippen MR) is 127 cm³/mol. The van der Waals surface area contributed by atoms with Gasteiger partial charge in [0.2, 0.25) is 0 Å². The zero-order valence-electron chi connectivity index (χ0n) is 19.3. The number of hydrogen-bond donors (Lipinski definition) is 1. The first-order valence-electron chi connectivity index (χ1n) is 12.2. The minimum absolute atomic E-state index is 0.255. The van der Waals surface area contributed by atoms with E-state index in [-0.39, 0.29) is 5.75 Å². The van der Waals surface area contributed by atoms with E-state index in [9.17, 15) is 8.42 Å². The predicted octanol–water partition coefficient (Wildman–Crippen LogP) is 7.15. The Balaban J connectivity index is 2.55. The summed E-state index contributed by atoms with van der Waals surface area (Å²) in [5, 5.41) is 0. The number of rotatable bonds is 19. The monoisotopic (exact) mass is 440 g/mol. The molecule has 30 heavy (non-hydrogen) atoms. The van der Waals surface area contributed by atoms with Gasteiger partial charge in [-0.2, -0.15) is 8.42 Å². The van der Waals surface area contributed by atoms with Crippen LogP contribution in [0.2, 0.25) is 0 Å². The van der Waals surface area contributed by atoms with Crippen molar-refractivity contribution in [2.75, 3.05) is 12.4 Å². The Hall–Kier alpha value is -1.07. The lowest BCUT2D eigenvalue weighted by molar-refractivity contribution is 0.315. The first-order valence-corrected chi connectivity index (χ1v) is 13.8. The second kappa shape index (κ2) is 16.6. The van der Waals surface area contributed by atoms with Crippen LogP contribution in [0.15, 0.2) is 18.2 Å². The molecule has 0 amide bonds. The third-order valence-electron chi connectivity index (χ3n) is 5.48. The molecular weight excluding hydrogens is 396 g/mol. The van der Waals surface area contributed by atoms with Gasteiger partial charge in [0.1, 0.15) is 5.75 Å². The molecule has 0 fully saturated rings. The maximum absolute atomic E-state index is 10.9. The van der Waals surface area contributed by atoms with Gasteiger partial charge in [-0.3, -0.25) is 4.55 Å². The fourth-order valence-electron chi connectivity index (χ4n) is 3.75. The Kier molecular flexibility index (Phi) is 14.9. The molecule has 1 aromatic carbocycles. The van der Waals surface area contributed by atoms with Gasteiger partial charge in [0, 0.05) is 0 Å². The van der Waals surface area contributed by atoms with Crippen LogP contribution in [-0.2, 0) is 23.0 Å². The van der Waals surface area contributed by atoms with Gasteiger partial charge in [-0.25, -0.2) is 0 Å². The average molecular weight is 441 g/mol. The summed E-state index contributed by atoms with van der Waals surface area (Å²) in [4.78, 5) is 0. The van der Waals surface area contributed by atoms with Crippen LogP contribution in [0.3, 0.4) is 0 Å². The summed E-state index contributed by atoms with van der Waals surface area (Å²) in [5.74, 6) is 0.574. The van der Waals surface area contributed by atoms with E-state index in [2.05, 4.69) is 32.0 Å². The van der Waals surface area contributed by atoms with Gasteiger partial charge in [0.05, 0.1) is 12.4 Å². The SMILES string of the molecule is CCCCCCCCc1cc(CCCCCCCC)cc(OCCCS(=O)(=O)O)c1. The molecule has 0 unspecified atom stereocenters. The molecule has 0 aliphatic rings. The molecule has 0 heterocycles. The molecule has 0 spiro atoms. The molecule has 1 rings (SSSR count). The van der Waals surface area contributed by atoms with Gasteiger partial charge < -0.3 is 4.74 Å². The second-order valence-corrected chi connectivity index (χ2v) is 10.1. The molecule has 1 N–H and O–H groups in total. The van der Waals surface area contributed by atoms with E-state index in [1.54, 1.807) is 0 Å². The Morgan fingerprint density at radius 3 is 1.63 bits per heavy atom. The quantitative estimate of drug-likeness (QED) is 0.183. The molecule has 1 aromatic rings. The molecule has 4 nitrogen and oxygen atoms in total. The molecule has 0 saturated carbocycles. The Morgan fingerprint density at radius 2 is 1.17 bits per heavy atom. The average Bonchev–Trinajstić information content (AvgIpc) is 2.70. The van der Waals surface area contributed by atoms with Gasteiger partial charge in [-0.15, -0.1) is 0 Å². The summed E-state index contributed by atoms with van der Waals surface area (Å²) in [7, 11) is -3.92. The van der Waals surface area contributed by atoms with Crippen molar-refractivity contribution in [2.24, 2.45) is 0 Å². The van der Waals surface area contributed by atoms with Crippen LogP contribution in [-0.4, -0.2) is 25.3 Å². The van der Waals surface area contributed by atoms with Crippen LogP contribution >= 0.6 is 0 Å². The number of ether oxygens (including phenoxy) is 1. The van der Waals surface area contributed by atoms with Crippen molar-refractivity contribution >= 4 is 10.1 Å². The molecule has 0 aliphatic heterocycles. The van der Waals surface area contributed by atoms with Gasteiger partial charge in [0.25, 0.3) is 10.1 Å². The van der Waals surface area contributed by atoms with E-state index in [1.807, 2.05) is 0 Å². The number of unbranched alkanes of at least 4 members (excludes halogenated alkanes) is 10. The Labute approximate surface area is 185 Å². The molecule has 5 heteroatoms. The van der Waals surface area contributed by atoms with Crippen LogP contribution in [0.25, 0.3) is 0 Å². The number of aryl methyl sites for hydroxylation is 2. The number of benzene rings is 1. The highest BCUT2D eigenvalue weighted by atomic mass is 32.2. The summed E-state index contributed by atoms with van der Waals surface area (Å²) < 4.78 is 36.4. The van der Waals surface area contributed by atoms with E-state index in [4.69, 9.17) is 9.29 Å². The van der Waals surface area contributed by atoms with Crippen molar-refractivity contribution in [1.82, 2.24) is 0 Å². The third-order valence-corrected chi connectivity index (χ3v) is 6.28. The lowest BCUT2D eigenvalue weighted by Gasteiger charge is -2.12. The smallest absolute Gasteiger partial charge is 0.264 e. The fraction of sp³-hybridized carbons (Fsp3) is 0.760. The van der Waals surface area contributed by atoms with E-state index in [0.717, 1.165) is 18.6 Å². The van der Waals surface area contributed by atoms with E-state index >= 15 is 0 Å². The van der Waals surface area contributed by atoms with Gasteiger partial charge in [-0.05, 0) is 55.4 Å². The van der Waals surface area contributed by atoms with Crippen LogP contribution in [0.1, 0.15) is 108 Å². The minimum Gasteiger partial charge on any atom is -0.494 e. The van der Waals surface area contributed by atoms with Crippen molar-refractivity contribution in [3.8, 4) is 5.75 Å². The van der Waals surface area contributed by atoms with Crippen molar-refractivity contribution in [2.45, 2.75) is 110 Å². The maximum Gasteiger partial charge on any atom is 0.264 e. The van der Waals surface area contributed by atoms with Crippen LogP contribution in [0, 0.1) is 0 Å². The Morgan fingerprint density at radius 1 is 0.700 bits per heavy atom. The van der Waals surface area contributed by atoms with Crippen molar-refractivity contribution in [1.29, 1.82) is 0 Å². The van der Waals surface area contributed by atoms with Gasteiger partial charge >= 0.3 is 0 Å². The van der Waals surface area contributed by atoms with Crippen LogP contribution < -0.4 is 4.74 Å². The lowest BCUT2D eigenvalue weighted by atomic mass is 9.99. The first kappa shape index (κ1) is 27.0. The Bertz CT molecular complexity index is 621.